The molecule has 0 unspecified atom stereocenters. The van der Waals surface area contributed by atoms with Crippen LogP contribution in [0.3, 0.4) is 0 Å². The summed E-state index contributed by atoms with van der Waals surface area (Å²) in [6.45, 7) is 6.64. The van der Waals surface area contributed by atoms with Crippen molar-refractivity contribution in [2.75, 3.05) is 13.2 Å². The number of nitrogens with zero attached hydrogens (tertiary/aromatic N) is 1. The van der Waals surface area contributed by atoms with Crippen LogP contribution in [0.2, 0.25) is 0 Å². The quantitative estimate of drug-likeness (QED) is 0.639. The third-order valence-electron chi connectivity index (χ3n) is 3.68. The zero-order chi connectivity index (χ0) is 18.6. The lowest BCUT2D eigenvalue weighted by Gasteiger charge is -2.05. The van der Waals surface area contributed by atoms with Gasteiger partial charge in [-0.25, -0.2) is 9.59 Å². The van der Waals surface area contributed by atoms with Gasteiger partial charge in [0.05, 0.1) is 12.2 Å². The third kappa shape index (κ3) is 4.12. The molecule has 0 radical (unpaired) electrons. The summed E-state index contributed by atoms with van der Waals surface area (Å²) in [5.41, 5.74) is 2.62. The number of ketones is 1. The van der Waals surface area contributed by atoms with Crippen LogP contribution in [0.5, 0.6) is 0 Å². The minimum absolute atomic E-state index is 0.233. The molecule has 7 nitrogen and oxygen atoms in total. The first kappa shape index (κ1) is 18.4. The molecule has 0 saturated carbocycles. The van der Waals surface area contributed by atoms with Gasteiger partial charge in [0, 0.05) is 23.1 Å². The van der Waals surface area contributed by atoms with Crippen molar-refractivity contribution in [3.8, 4) is 0 Å². The maximum Gasteiger partial charge on any atom is 0.355 e. The summed E-state index contributed by atoms with van der Waals surface area (Å²) in [6.07, 6.45) is 1.40. The van der Waals surface area contributed by atoms with Crippen LogP contribution >= 0.6 is 0 Å². The summed E-state index contributed by atoms with van der Waals surface area (Å²) >= 11 is 0. The first-order valence-electron chi connectivity index (χ1n) is 7.84. The molecule has 2 heterocycles. The second-order valence-electron chi connectivity index (χ2n) is 5.53. The lowest BCUT2D eigenvalue weighted by Crippen LogP contribution is -2.16. The number of H-pyrrole nitrogens is 1. The number of aromatic nitrogens is 2. The second-order valence-corrected chi connectivity index (χ2v) is 5.53. The fourth-order valence-electron chi connectivity index (χ4n) is 2.45. The molecule has 0 amide bonds. The van der Waals surface area contributed by atoms with E-state index in [2.05, 4.69) is 9.97 Å². The molecule has 1 N–H and O–H groups in total. The van der Waals surface area contributed by atoms with Crippen molar-refractivity contribution in [3.63, 3.8) is 0 Å². The van der Waals surface area contributed by atoms with Gasteiger partial charge in [0.2, 0.25) is 5.78 Å². The SMILES string of the molecule is CCOC(=O)c1[nH]c(C)c(C(=O)COC(=O)c2ccc(C)nc2)c1C. The minimum Gasteiger partial charge on any atom is -0.461 e. The van der Waals surface area contributed by atoms with Crippen molar-refractivity contribution in [2.24, 2.45) is 0 Å². The number of esters is 2. The summed E-state index contributed by atoms with van der Waals surface area (Å²) in [4.78, 5) is 43.1. The average Bonchev–Trinajstić information content (AvgIpc) is 2.88. The monoisotopic (exact) mass is 344 g/mol. The van der Waals surface area contributed by atoms with E-state index in [-0.39, 0.29) is 17.9 Å². The largest absolute Gasteiger partial charge is 0.461 e. The molecular weight excluding hydrogens is 324 g/mol. The van der Waals surface area contributed by atoms with Crippen LogP contribution in [0.1, 0.15) is 55.1 Å². The van der Waals surface area contributed by atoms with E-state index in [0.717, 1.165) is 5.69 Å². The molecule has 0 aliphatic heterocycles. The van der Waals surface area contributed by atoms with Crippen molar-refractivity contribution < 1.29 is 23.9 Å². The zero-order valence-corrected chi connectivity index (χ0v) is 14.6. The number of pyridine rings is 1. The number of Topliss-reactive ketones (excluding diaryl/α,β-unsaturated/α-hetero) is 1. The lowest BCUT2D eigenvalue weighted by molar-refractivity contribution is 0.0472. The van der Waals surface area contributed by atoms with Gasteiger partial charge in [-0.1, -0.05) is 0 Å². The number of ether oxygens (including phenoxy) is 2. The number of carbonyl (C=O) groups excluding carboxylic acids is 3. The van der Waals surface area contributed by atoms with Crippen LogP contribution in [0.25, 0.3) is 0 Å². The van der Waals surface area contributed by atoms with E-state index in [4.69, 9.17) is 9.47 Å². The number of rotatable bonds is 6. The summed E-state index contributed by atoms with van der Waals surface area (Å²) < 4.78 is 10.0. The predicted octanol–water partition coefficient (Wildman–Crippen LogP) is 2.55. The fourth-order valence-corrected chi connectivity index (χ4v) is 2.45. The van der Waals surface area contributed by atoms with E-state index in [1.54, 1.807) is 39.8 Å². The Morgan fingerprint density at radius 3 is 2.40 bits per heavy atom. The average molecular weight is 344 g/mol. The molecule has 0 spiro atoms. The highest BCUT2D eigenvalue weighted by Gasteiger charge is 2.23. The smallest absolute Gasteiger partial charge is 0.355 e. The molecule has 132 valence electrons. The number of aryl methyl sites for hydroxylation is 2. The van der Waals surface area contributed by atoms with Crippen LogP contribution in [0.4, 0.5) is 0 Å². The molecule has 0 aromatic carbocycles. The summed E-state index contributed by atoms with van der Waals surface area (Å²) in [7, 11) is 0. The van der Waals surface area contributed by atoms with E-state index in [9.17, 15) is 14.4 Å². The molecule has 0 aliphatic carbocycles. The van der Waals surface area contributed by atoms with Crippen molar-refractivity contribution in [3.05, 3.63) is 52.1 Å². The Hall–Kier alpha value is -2.96. The van der Waals surface area contributed by atoms with Gasteiger partial charge in [-0.05, 0) is 45.4 Å². The molecule has 0 aliphatic rings. The summed E-state index contributed by atoms with van der Waals surface area (Å²) in [5, 5.41) is 0. The van der Waals surface area contributed by atoms with Gasteiger partial charge in [0.1, 0.15) is 5.69 Å². The molecule has 2 aromatic rings. The van der Waals surface area contributed by atoms with Gasteiger partial charge in [-0.2, -0.15) is 0 Å². The third-order valence-corrected chi connectivity index (χ3v) is 3.68. The second kappa shape index (κ2) is 7.74. The van der Waals surface area contributed by atoms with Gasteiger partial charge >= 0.3 is 11.9 Å². The molecule has 0 atom stereocenters. The topological polar surface area (TPSA) is 98.4 Å². The van der Waals surface area contributed by atoms with Crippen LogP contribution < -0.4 is 0 Å². The van der Waals surface area contributed by atoms with Gasteiger partial charge in [0.25, 0.3) is 0 Å². The number of hydrogen-bond donors (Lipinski definition) is 1. The number of carbonyl (C=O) groups is 3. The molecule has 2 aromatic heterocycles. The lowest BCUT2D eigenvalue weighted by atomic mass is 10.1. The minimum atomic E-state index is -0.627. The van der Waals surface area contributed by atoms with Crippen LogP contribution in [-0.4, -0.2) is 40.9 Å². The maximum absolute atomic E-state index is 12.4. The highest BCUT2D eigenvalue weighted by atomic mass is 16.5. The first-order chi connectivity index (χ1) is 11.8. The van der Waals surface area contributed by atoms with E-state index >= 15 is 0 Å². The number of nitrogens with one attached hydrogen (secondary N) is 1. The molecule has 0 saturated heterocycles. The highest BCUT2D eigenvalue weighted by molar-refractivity contribution is 6.04. The van der Waals surface area contributed by atoms with Crippen molar-refractivity contribution in [1.82, 2.24) is 9.97 Å². The Balaban J connectivity index is 2.09. The summed E-state index contributed by atoms with van der Waals surface area (Å²) in [5.74, 6) is -1.54. The van der Waals surface area contributed by atoms with E-state index in [1.165, 1.54) is 6.20 Å². The molecule has 7 heteroatoms. The Labute approximate surface area is 145 Å². The first-order valence-corrected chi connectivity index (χ1v) is 7.84. The van der Waals surface area contributed by atoms with Gasteiger partial charge in [-0.3, -0.25) is 9.78 Å². The number of hydrogen-bond acceptors (Lipinski definition) is 6. The van der Waals surface area contributed by atoms with Gasteiger partial charge < -0.3 is 14.5 Å². The van der Waals surface area contributed by atoms with E-state index in [1.807, 2.05) is 0 Å². The number of aromatic amines is 1. The van der Waals surface area contributed by atoms with Gasteiger partial charge in [0.15, 0.2) is 6.61 Å². The molecular formula is C18H20N2O5. The highest BCUT2D eigenvalue weighted by Crippen LogP contribution is 2.19. The Morgan fingerprint density at radius 1 is 1.08 bits per heavy atom. The molecule has 0 bridgehead atoms. The van der Waals surface area contributed by atoms with E-state index < -0.39 is 24.3 Å². The van der Waals surface area contributed by atoms with E-state index in [0.29, 0.717) is 16.8 Å². The van der Waals surface area contributed by atoms with Gasteiger partial charge in [-0.15, -0.1) is 0 Å². The standard InChI is InChI=1S/C18H20N2O5/c1-5-24-18(23)16-11(3)15(12(4)20-16)14(21)9-25-17(22)13-7-6-10(2)19-8-13/h6-8,20H,5,9H2,1-4H3. The Morgan fingerprint density at radius 2 is 1.80 bits per heavy atom. The van der Waals surface area contributed by atoms with Crippen molar-refractivity contribution in [2.45, 2.75) is 27.7 Å². The van der Waals surface area contributed by atoms with Crippen LogP contribution in [0, 0.1) is 20.8 Å². The Bertz CT molecular complexity index is 806. The van der Waals surface area contributed by atoms with Crippen molar-refractivity contribution >= 4 is 17.7 Å². The predicted molar refractivity (Wildman–Crippen MR) is 89.8 cm³/mol. The zero-order valence-electron chi connectivity index (χ0n) is 14.6. The molecule has 2 rings (SSSR count). The summed E-state index contributed by atoms with van der Waals surface area (Å²) in [6, 6.07) is 3.27. The normalized spacial score (nSPS) is 10.4. The maximum atomic E-state index is 12.4. The van der Waals surface area contributed by atoms with Crippen LogP contribution in [-0.2, 0) is 9.47 Å². The molecule has 25 heavy (non-hydrogen) atoms. The van der Waals surface area contributed by atoms with Crippen LogP contribution in [0.15, 0.2) is 18.3 Å². The molecule has 0 fully saturated rings. The Kier molecular flexibility index (Phi) is 5.69. The van der Waals surface area contributed by atoms with Crippen molar-refractivity contribution in [1.29, 1.82) is 0 Å². The fraction of sp³-hybridized carbons (Fsp3) is 0.333.